The minimum absolute atomic E-state index is 0.498. The fourth-order valence-electron chi connectivity index (χ4n) is 3.70. The first-order valence-electron chi connectivity index (χ1n) is 8.39. The van der Waals surface area contributed by atoms with Crippen molar-refractivity contribution in [2.75, 3.05) is 13.1 Å². The molecule has 1 aliphatic heterocycles. The van der Waals surface area contributed by atoms with E-state index in [1.54, 1.807) is 17.1 Å². The van der Waals surface area contributed by atoms with E-state index in [1.807, 2.05) is 0 Å². The second kappa shape index (κ2) is 6.00. The summed E-state index contributed by atoms with van der Waals surface area (Å²) in [5, 5.41) is 21.2. The first kappa shape index (κ1) is 15.3. The second-order valence-electron chi connectivity index (χ2n) is 6.87. The predicted molar refractivity (Wildman–Crippen MR) is 93.6 cm³/mol. The molecule has 0 spiro atoms. The van der Waals surface area contributed by atoms with Crippen LogP contribution in [0.2, 0.25) is 0 Å². The van der Waals surface area contributed by atoms with E-state index in [0.29, 0.717) is 13.1 Å². The van der Waals surface area contributed by atoms with Gasteiger partial charge >= 0.3 is 0 Å². The molecule has 0 aliphatic carbocycles. The predicted octanol–water partition coefficient (Wildman–Crippen LogP) is 2.38. The summed E-state index contributed by atoms with van der Waals surface area (Å²) in [5.74, 6) is 0. The summed E-state index contributed by atoms with van der Waals surface area (Å²) in [6.45, 7) is 5.09. The van der Waals surface area contributed by atoms with Crippen molar-refractivity contribution in [2.45, 2.75) is 32.0 Å². The first-order chi connectivity index (χ1) is 11.6. The highest BCUT2D eigenvalue weighted by atomic mass is 16.3. The van der Waals surface area contributed by atoms with E-state index < -0.39 is 5.60 Å². The Kier molecular flexibility index (Phi) is 3.82. The van der Waals surface area contributed by atoms with Gasteiger partial charge in [-0.3, -0.25) is 4.90 Å². The molecule has 0 saturated carbocycles. The molecule has 1 unspecified atom stereocenters. The molecular weight excluding hydrogens is 300 g/mol. The number of aryl methyl sites for hydroxylation is 1. The second-order valence-corrected chi connectivity index (χ2v) is 6.87. The average molecular weight is 322 g/mol. The van der Waals surface area contributed by atoms with Gasteiger partial charge in [0.2, 0.25) is 0 Å². The number of fused-ring (bicyclic) bond motifs is 1. The molecule has 3 aromatic rings. The van der Waals surface area contributed by atoms with E-state index in [4.69, 9.17) is 0 Å². The van der Waals surface area contributed by atoms with Gasteiger partial charge in [0.1, 0.15) is 0 Å². The van der Waals surface area contributed by atoms with Gasteiger partial charge in [0.25, 0.3) is 0 Å². The van der Waals surface area contributed by atoms with Crippen LogP contribution in [0.15, 0.2) is 48.8 Å². The Balaban J connectivity index is 1.54. The van der Waals surface area contributed by atoms with Gasteiger partial charge in [-0.05, 0) is 35.2 Å². The van der Waals surface area contributed by atoms with Gasteiger partial charge in [0.15, 0.2) is 0 Å². The molecule has 5 nitrogen and oxygen atoms in total. The summed E-state index contributed by atoms with van der Waals surface area (Å²) < 4.78 is 1.71. The largest absolute Gasteiger partial charge is 0.387 e. The lowest BCUT2D eigenvalue weighted by Crippen LogP contribution is -2.37. The molecule has 0 bridgehead atoms. The molecule has 2 aromatic carbocycles. The lowest BCUT2D eigenvalue weighted by Gasteiger charge is -2.24. The molecule has 24 heavy (non-hydrogen) atoms. The highest BCUT2D eigenvalue weighted by Crippen LogP contribution is 2.28. The number of hydrogen-bond donors (Lipinski definition) is 1. The molecular formula is C19H22N4O. The highest BCUT2D eigenvalue weighted by molar-refractivity contribution is 5.86. The Hall–Kier alpha value is -2.24. The smallest absolute Gasteiger partial charge is 0.0981 e. The van der Waals surface area contributed by atoms with E-state index in [0.717, 1.165) is 19.5 Å². The number of aliphatic hydroxyl groups is 1. The molecule has 1 aliphatic rings. The summed E-state index contributed by atoms with van der Waals surface area (Å²) in [6.07, 6.45) is 4.21. The third kappa shape index (κ3) is 2.92. The topological polar surface area (TPSA) is 54.2 Å². The zero-order valence-corrected chi connectivity index (χ0v) is 13.9. The summed E-state index contributed by atoms with van der Waals surface area (Å²) in [6, 6.07) is 12.9. The van der Waals surface area contributed by atoms with Crippen LogP contribution in [-0.4, -0.2) is 43.7 Å². The number of likely N-dealkylation sites (tertiary alicyclic amines) is 1. The lowest BCUT2D eigenvalue weighted by atomic mass is 9.99. The number of hydrogen-bond acceptors (Lipinski definition) is 4. The fourth-order valence-corrected chi connectivity index (χ4v) is 3.70. The maximum Gasteiger partial charge on any atom is 0.0981 e. The zero-order valence-electron chi connectivity index (χ0n) is 13.9. The normalized spacial score (nSPS) is 21.6. The Labute approximate surface area is 141 Å². The molecule has 1 N–H and O–H groups in total. The molecule has 124 valence electrons. The number of nitrogens with zero attached hydrogens (tertiary/aromatic N) is 4. The molecule has 1 atom stereocenters. The van der Waals surface area contributed by atoms with Crippen molar-refractivity contribution in [1.29, 1.82) is 0 Å². The SMILES string of the molecule is Cc1ccc2ccccc2c1CN1CCC(O)(Cn2ccnn2)C1. The van der Waals surface area contributed by atoms with Crippen LogP contribution in [0.4, 0.5) is 0 Å². The zero-order chi connectivity index (χ0) is 16.6. The van der Waals surface area contributed by atoms with Crippen molar-refractivity contribution in [3.8, 4) is 0 Å². The van der Waals surface area contributed by atoms with Crippen molar-refractivity contribution >= 4 is 10.8 Å². The fraction of sp³-hybridized carbons (Fsp3) is 0.368. The average Bonchev–Trinajstić information content (AvgIpc) is 3.20. The van der Waals surface area contributed by atoms with E-state index in [-0.39, 0.29) is 0 Å². The van der Waals surface area contributed by atoms with Gasteiger partial charge < -0.3 is 5.11 Å². The van der Waals surface area contributed by atoms with Crippen LogP contribution in [0.1, 0.15) is 17.5 Å². The number of aromatic nitrogens is 3. The van der Waals surface area contributed by atoms with E-state index >= 15 is 0 Å². The van der Waals surface area contributed by atoms with Gasteiger partial charge in [0, 0.05) is 25.8 Å². The van der Waals surface area contributed by atoms with Crippen molar-refractivity contribution in [1.82, 2.24) is 19.9 Å². The van der Waals surface area contributed by atoms with E-state index in [1.165, 1.54) is 21.9 Å². The van der Waals surface area contributed by atoms with Crippen molar-refractivity contribution in [3.63, 3.8) is 0 Å². The van der Waals surface area contributed by atoms with Crippen molar-refractivity contribution in [2.24, 2.45) is 0 Å². The van der Waals surface area contributed by atoms with Crippen molar-refractivity contribution < 1.29 is 5.11 Å². The Morgan fingerprint density at radius 3 is 2.92 bits per heavy atom. The lowest BCUT2D eigenvalue weighted by molar-refractivity contribution is 0.0274. The van der Waals surface area contributed by atoms with Crippen LogP contribution in [0, 0.1) is 6.92 Å². The summed E-state index contributed by atoms with van der Waals surface area (Å²) in [4.78, 5) is 2.34. The van der Waals surface area contributed by atoms with Gasteiger partial charge in [0.05, 0.1) is 18.3 Å². The molecule has 0 radical (unpaired) electrons. The number of benzene rings is 2. The van der Waals surface area contributed by atoms with Crippen LogP contribution in [0.5, 0.6) is 0 Å². The molecule has 1 saturated heterocycles. The maximum absolute atomic E-state index is 10.9. The minimum atomic E-state index is -0.730. The number of rotatable bonds is 4. The van der Waals surface area contributed by atoms with E-state index in [9.17, 15) is 5.11 Å². The van der Waals surface area contributed by atoms with Crippen molar-refractivity contribution in [3.05, 3.63) is 59.9 Å². The summed E-state index contributed by atoms with van der Waals surface area (Å²) in [5.41, 5.74) is 1.94. The molecule has 1 aromatic heterocycles. The first-order valence-corrected chi connectivity index (χ1v) is 8.39. The monoisotopic (exact) mass is 322 g/mol. The standard InChI is InChI=1S/C19H22N4O/c1-15-6-7-16-4-2-3-5-17(16)18(15)12-22-10-8-19(24,13-22)14-23-11-9-20-21-23/h2-7,9,11,24H,8,10,12-14H2,1H3. The number of β-amino-alcohol motifs (C(OH)–C–C–N with tert-alkyl or cyclic N) is 1. The van der Waals surface area contributed by atoms with Crippen LogP contribution in [0.3, 0.4) is 0 Å². The third-order valence-electron chi connectivity index (χ3n) is 5.00. The van der Waals surface area contributed by atoms with Crippen LogP contribution < -0.4 is 0 Å². The Morgan fingerprint density at radius 2 is 2.08 bits per heavy atom. The van der Waals surface area contributed by atoms with Gasteiger partial charge in [-0.1, -0.05) is 41.6 Å². The molecule has 1 fully saturated rings. The van der Waals surface area contributed by atoms with Gasteiger partial charge in [-0.15, -0.1) is 5.10 Å². The highest BCUT2D eigenvalue weighted by Gasteiger charge is 2.36. The van der Waals surface area contributed by atoms with Crippen LogP contribution in [-0.2, 0) is 13.1 Å². The molecule has 4 rings (SSSR count). The molecule has 5 heteroatoms. The van der Waals surface area contributed by atoms with Crippen LogP contribution >= 0.6 is 0 Å². The maximum atomic E-state index is 10.9. The van der Waals surface area contributed by atoms with Gasteiger partial charge in [-0.2, -0.15) is 0 Å². The van der Waals surface area contributed by atoms with E-state index in [2.05, 4.69) is 58.5 Å². The Bertz CT molecular complexity index is 846. The van der Waals surface area contributed by atoms with Gasteiger partial charge in [-0.25, -0.2) is 4.68 Å². The van der Waals surface area contributed by atoms with Crippen LogP contribution in [0.25, 0.3) is 10.8 Å². The molecule has 2 heterocycles. The minimum Gasteiger partial charge on any atom is -0.387 e. The summed E-state index contributed by atoms with van der Waals surface area (Å²) in [7, 11) is 0. The Morgan fingerprint density at radius 1 is 1.21 bits per heavy atom. The summed E-state index contributed by atoms with van der Waals surface area (Å²) >= 11 is 0. The molecule has 0 amide bonds. The third-order valence-corrected chi connectivity index (χ3v) is 5.00. The quantitative estimate of drug-likeness (QED) is 0.801.